The van der Waals surface area contributed by atoms with Crippen LogP contribution in [0.5, 0.6) is 5.75 Å². The topological polar surface area (TPSA) is 96.0 Å². The molecule has 0 fully saturated rings. The lowest BCUT2D eigenvalue weighted by atomic mass is 10.1. The number of anilines is 1. The Morgan fingerprint density at radius 1 is 1.11 bits per heavy atom. The van der Waals surface area contributed by atoms with Crippen molar-refractivity contribution < 1.29 is 27.1 Å². The van der Waals surface area contributed by atoms with Crippen molar-refractivity contribution in [3.63, 3.8) is 0 Å². The van der Waals surface area contributed by atoms with E-state index in [2.05, 4.69) is 5.32 Å². The van der Waals surface area contributed by atoms with Crippen LogP contribution in [0.3, 0.4) is 0 Å². The quantitative estimate of drug-likeness (QED) is 0.434. The summed E-state index contributed by atoms with van der Waals surface area (Å²) in [6, 6.07) is 11.6. The van der Waals surface area contributed by atoms with Gasteiger partial charge in [0.25, 0.3) is 0 Å². The van der Waals surface area contributed by atoms with Crippen molar-refractivity contribution >= 4 is 27.5 Å². The lowest BCUT2D eigenvalue weighted by molar-refractivity contribution is -0.140. The van der Waals surface area contributed by atoms with Crippen LogP contribution in [-0.2, 0) is 26.2 Å². The molecule has 198 valence electrons. The number of hydrogen-bond acceptors (Lipinski definition) is 5. The number of rotatable bonds is 13. The van der Waals surface area contributed by atoms with E-state index in [0.717, 1.165) is 12.7 Å². The van der Waals surface area contributed by atoms with E-state index in [1.54, 1.807) is 43.3 Å². The van der Waals surface area contributed by atoms with Crippen molar-refractivity contribution in [1.82, 2.24) is 10.2 Å². The van der Waals surface area contributed by atoms with E-state index in [1.165, 1.54) is 28.4 Å². The molecule has 0 saturated heterocycles. The predicted octanol–water partition coefficient (Wildman–Crippen LogP) is 3.71. The minimum absolute atomic E-state index is 0.0259. The molecule has 0 aliphatic rings. The molecule has 0 aromatic heterocycles. The number of carbonyl (C=O) groups excluding carboxylic acids is 2. The second kappa shape index (κ2) is 13.2. The third kappa shape index (κ3) is 8.51. The largest absolute Gasteiger partial charge is 0.497 e. The first-order chi connectivity index (χ1) is 17.0. The van der Waals surface area contributed by atoms with Gasteiger partial charge in [-0.3, -0.25) is 13.9 Å². The van der Waals surface area contributed by atoms with Gasteiger partial charge in [0, 0.05) is 31.6 Å². The Morgan fingerprint density at radius 2 is 1.78 bits per heavy atom. The molecule has 2 rings (SSSR count). The Bertz CT molecular complexity index is 1120. The van der Waals surface area contributed by atoms with E-state index >= 15 is 0 Å². The van der Waals surface area contributed by atoms with Crippen molar-refractivity contribution in [1.29, 1.82) is 0 Å². The molecular weight excluding hydrogens is 485 g/mol. The molecule has 2 aromatic carbocycles. The van der Waals surface area contributed by atoms with Crippen molar-refractivity contribution in [3.8, 4) is 5.75 Å². The van der Waals surface area contributed by atoms with Gasteiger partial charge in [0.1, 0.15) is 17.6 Å². The average molecular weight is 522 g/mol. The molecule has 8 nitrogen and oxygen atoms in total. The second-order valence-corrected chi connectivity index (χ2v) is 10.7. The van der Waals surface area contributed by atoms with Crippen molar-refractivity contribution in [2.45, 2.75) is 58.7 Å². The van der Waals surface area contributed by atoms with Crippen LogP contribution in [0.2, 0.25) is 0 Å². The summed E-state index contributed by atoms with van der Waals surface area (Å²) in [4.78, 5) is 27.5. The molecule has 0 radical (unpaired) electrons. The highest BCUT2D eigenvalue weighted by Crippen LogP contribution is 2.24. The van der Waals surface area contributed by atoms with E-state index in [1.807, 2.05) is 13.8 Å². The molecule has 0 aliphatic carbocycles. The van der Waals surface area contributed by atoms with Crippen LogP contribution < -0.4 is 14.4 Å². The Morgan fingerprint density at radius 3 is 2.36 bits per heavy atom. The molecule has 0 heterocycles. The summed E-state index contributed by atoms with van der Waals surface area (Å²) in [6.45, 7) is 5.69. The number of hydrogen-bond donors (Lipinski definition) is 1. The highest BCUT2D eigenvalue weighted by Gasteiger charge is 2.27. The number of carbonyl (C=O) groups is 2. The number of benzene rings is 2. The van der Waals surface area contributed by atoms with Crippen LogP contribution in [0.15, 0.2) is 48.5 Å². The molecule has 0 unspecified atom stereocenters. The highest BCUT2D eigenvalue weighted by atomic mass is 32.2. The number of ether oxygens (including phenoxy) is 1. The van der Waals surface area contributed by atoms with Crippen LogP contribution in [-0.4, -0.2) is 57.1 Å². The summed E-state index contributed by atoms with van der Waals surface area (Å²) in [6.07, 6.45) is 2.12. The van der Waals surface area contributed by atoms with Gasteiger partial charge in [-0.25, -0.2) is 12.8 Å². The number of amides is 2. The number of sulfonamides is 1. The third-order valence-electron chi connectivity index (χ3n) is 5.93. The molecule has 2 atom stereocenters. The zero-order chi connectivity index (χ0) is 26.9. The van der Waals surface area contributed by atoms with E-state index in [9.17, 15) is 22.4 Å². The summed E-state index contributed by atoms with van der Waals surface area (Å²) in [5, 5.41) is 2.89. The van der Waals surface area contributed by atoms with Crippen molar-refractivity contribution in [2.75, 3.05) is 24.2 Å². The number of halogens is 1. The molecule has 0 saturated carbocycles. The van der Waals surface area contributed by atoms with Gasteiger partial charge in [-0.1, -0.05) is 25.1 Å². The summed E-state index contributed by atoms with van der Waals surface area (Å²) in [7, 11) is -2.11. The second-order valence-electron chi connectivity index (χ2n) is 8.78. The van der Waals surface area contributed by atoms with Crippen LogP contribution in [0.25, 0.3) is 0 Å². The number of nitrogens with zero attached hydrogens (tertiary/aromatic N) is 2. The molecule has 2 aromatic rings. The van der Waals surface area contributed by atoms with Gasteiger partial charge < -0.3 is 15.0 Å². The minimum Gasteiger partial charge on any atom is -0.497 e. The summed E-state index contributed by atoms with van der Waals surface area (Å²) in [5.41, 5.74) is 1.12. The summed E-state index contributed by atoms with van der Waals surface area (Å²) in [5.74, 6) is -0.458. The maximum Gasteiger partial charge on any atom is 0.242 e. The summed E-state index contributed by atoms with van der Waals surface area (Å²) >= 11 is 0. The normalized spacial score (nSPS) is 12.9. The SMILES string of the molecule is CC[C@@H](C)NC(=O)[C@H](C)N(Cc1ccc(F)cc1)C(=O)CCCN(c1cccc(OC)c1)S(C)(=O)=O. The predicted molar refractivity (Wildman–Crippen MR) is 139 cm³/mol. The van der Waals surface area contributed by atoms with Gasteiger partial charge >= 0.3 is 0 Å². The lowest BCUT2D eigenvalue weighted by Crippen LogP contribution is -2.49. The first kappa shape index (κ1) is 29.1. The van der Waals surface area contributed by atoms with Gasteiger partial charge in [0.15, 0.2) is 0 Å². The average Bonchev–Trinajstić information content (AvgIpc) is 2.84. The van der Waals surface area contributed by atoms with E-state index in [4.69, 9.17) is 4.74 Å². The van der Waals surface area contributed by atoms with Gasteiger partial charge in [-0.15, -0.1) is 0 Å². The van der Waals surface area contributed by atoms with Gasteiger partial charge in [-0.2, -0.15) is 0 Å². The Labute approximate surface area is 213 Å². The van der Waals surface area contributed by atoms with Crippen molar-refractivity contribution in [3.05, 3.63) is 59.9 Å². The maximum atomic E-state index is 13.4. The molecular formula is C26H36FN3O5S. The molecule has 2 amide bonds. The Balaban J connectivity index is 2.17. The molecule has 36 heavy (non-hydrogen) atoms. The Hall–Kier alpha value is -3.14. The van der Waals surface area contributed by atoms with E-state index in [0.29, 0.717) is 17.0 Å². The van der Waals surface area contributed by atoms with Gasteiger partial charge in [-0.05, 0) is 56.5 Å². The number of methoxy groups -OCH3 is 1. The third-order valence-corrected chi connectivity index (χ3v) is 7.12. The first-order valence-corrected chi connectivity index (χ1v) is 13.8. The minimum atomic E-state index is -3.61. The molecule has 0 spiro atoms. The van der Waals surface area contributed by atoms with Crippen LogP contribution in [0.1, 0.15) is 45.6 Å². The Kier molecular flexibility index (Phi) is 10.7. The zero-order valence-corrected chi connectivity index (χ0v) is 22.3. The van der Waals surface area contributed by atoms with E-state index in [-0.39, 0.29) is 43.8 Å². The monoisotopic (exact) mass is 521 g/mol. The lowest BCUT2D eigenvalue weighted by Gasteiger charge is -2.30. The molecule has 0 bridgehead atoms. The van der Waals surface area contributed by atoms with Crippen LogP contribution in [0, 0.1) is 5.82 Å². The standard InChI is InChI=1S/C26H36FN3O5S/c1-6-19(2)28-26(32)20(3)29(18-21-12-14-22(27)15-13-21)25(31)11-8-16-30(36(5,33)34)23-9-7-10-24(17-23)35-4/h7,9-10,12-15,17,19-20H,6,8,11,16,18H2,1-5H3,(H,28,32)/t19-,20+/m1/s1. The summed E-state index contributed by atoms with van der Waals surface area (Å²) < 4.78 is 44.7. The number of nitrogens with one attached hydrogen (secondary N) is 1. The molecule has 10 heteroatoms. The molecule has 1 N–H and O–H groups in total. The van der Waals surface area contributed by atoms with Crippen molar-refractivity contribution in [2.24, 2.45) is 0 Å². The maximum absolute atomic E-state index is 13.4. The fourth-order valence-electron chi connectivity index (χ4n) is 3.60. The van der Waals surface area contributed by atoms with E-state index < -0.39 is 21.9 Å². The van der Waals surface area contributed by atoms with Gasteiger partial charge in [0.2, 0.25) is 21.8 Å². The van der Waals surface area contributed by atoms with Crippen LogP contribution in [0.4, 0.5) is 10.1 Å². The fourth-order valence-corrected chi connectivity index (χ4v) is 4.56. The molecule has 0 aliphatic heterocycles. The highest BCUT2D eigenvalue weighted by molar-refractivity contribution is 7.92. The smallest absolute Gasteiger partial charge is 0.242 e. The zero-order valence-electron chi connectivity index (χ0n) is 21.5. The fraction of sp³-hybridized carbons (Fsp3) is 0.462. The van der Waals surface area contributed by atoms with Crippen LogP contribution >= 0.6 is 0 Å². The first-order valence-electron chi connectivity index (χ1n) is 11.9. The van der Waals surface area contributed by atoms with Gasteiger partial charge in [0.05, 0.1) is 19.1 Å².